The Bertz CT molecular complexity index is 786. The predicted molar refractivity (Wildman–Crippen MR) is 107 cm³/mol. The van der Waals surface area contributed by atoms with Crippen LogP contribution < -0.4 is 9.62 Å². The molecule has 8 heteroatoms. The summed E-state index contributed by atoms with van der Waals surface area (Å²) in [5.74, 6) is 0.316. The molecule has 0 radical (unpaired) electrons. The first-order valence-corrected chi connectivity index (χ1v) is 11.6. The Morgan fingerprint density at radius 1 is 1.25 bits per heavy atom. The number of carbonyl (C=O) groups is 1. The van der Waals surface area contributed by atoms with Gasteiger partial charge in [0.15, 0.2) is 6.29 Å². The van der Waals surface area contributed by atoms with Gasteiger partial charge in [-0.15, -0.1) is 0 Å². The standard InChI is InChI=1S/C20H30N2O5S/c1-3-26-19(27-4-2)10-12-21-28(24,25)17-8-9-18-16(14-17)11-13-22(18)20(23)15-6-5-7-15/h8-9,14-15,19,21H,3-7,10-13H2,1-2H3. The van der Waals surface area contributed by atoms with E-state index in [1.807, 2.05) is 18.7 Å². The first-order valence-electron chi connectivity index (χ1n) is 10.1. The number of carbonyl (C=O) groups excluding carboxylic acids is 1. The molecule has 1 N–H and O–H groups in total. The summed E-state index contributed by atoms with van der Waals surface area (Å²) in [6.07, 6.45) is 3.76. The zero-order valence-electron chi connectivity index (χ0n) is 16.6. The Morgan fingerprint density at radius 3 is 2.57 bits per heavy atom. The average Bonchev–Trinajstić information content (AvgIpc) is 3.03. The van der Waals surface area contributed by atoms with Gasteiger partial charge in [-0.2, -0.15) is 0 Å². The minimum Gasteiger partial charge on any atom is -0.353 e. The lowest BCUT2D eigenvalue weighted by Crippen LogP contribution is -2.37. The molecule has 7 nitrogen and oxygen atoms in total. The van der Waals surface area contributed by atoms with Gasteiger partial charge in [0.2, 0.25) is 15.9 Å². The van der Waals surface area contributed by atoms with Crippen molar-refractivity contribution in [1.29, 1.82) is 0 Å². The molecule has 1 aromatic carbocycles. The summed E-state index contributed by atoms with van der Waals surface area (Å²) < 4.78 is 38.8. The van der Waals surface area contributed by atoms with E-state index in [0.29, 0.717) is 32.6 Å². The first-order chi connectivity index (χ1) is 13.5. The smallest absolute Gasteiger partial charge is 0.240 e. The summed E-state index contributed by atoms with van der Waals surface area (Å²) in [6, 6.07) is 5.03. The van der Waals surface area contributed by atoms with Crippen LogP contribution >= 0.6 is 0 Å². The number of amides is 1. The maximum atomic E-state index is 12.6. The summed E-state index contributed by atoms with van der Waals surface area (Å²) >= 11 is 0. The van der Waals surface area contributed by atoms with E-state index in [1.54, 1.807) is 18.2 Å². The van der Waals surface area contributed by atoms with Crippen molar-refractivity contribution in [1.82, 2.24) is 4.72 Å². The third kappa shape index (κ3) is 4.74. The number of benzene rings is 1. The lowest BCUT2D eigenvalue weighted by atomic mass is 9.84. The molecule has 0 aromatic heterocycles. The zero-order chi connectivity index (χ0) is 20.1. The van der Waals surface area contributed by atoms with Crippen LogP contribution in [0.1, 0.15) is 45.1 Å². The van der Waals surface area contributed by atoms with E-state index in [1.165, 1.54) is 0 Å². The van der Waals surface area contributed by atoms with Crippen molar-refractivity contribution in [2.75, 3.05) is 31.2 Å². The third-order valence-electron chi connectivity index (χ3n) is 5.35. The molecule has 0 atom stereocenters. The van der Waals surface area contributed by atoms with Crippen LogP contribution in [0.15, 0.2) is 23.1 Å². The highest BCUT2D eigenvalue weighted by Gasteiger charge is 2.33. The summed E-state index contributed by atoms with van der Waals surface area (Å²) in [6.45, 7) is 5.64. The first kappa shape index (κ1) is 21.2. The number of anilines is 1. The highest BCUT2D eigenvalue weighted by Crippen LogP contribution is 2.35. The Kier molecular flexibility index (Phi) is 7.09. The molecule has 1 amide bonds. The molecule has 1 aliphatic heterocycles. The number of fused-ring (bicyclic) bond motifs is 1. The highest BCUT2D eigenvalue weighted by molar-refractivity contribution is 7.89. The van der Waals surface area contributed by atoms with E-state index in [2.05, 4.69) is 4.72 Å². The number of hydrogen-bond acceptors (Lipinski definition) is 5. The van der Waals surface area contributed by atoms with Gasteiger partial charge in [-0.3, -0.25) is 4.79 Å². The second kappa shape index (κ2) is 9.35. The summed E-state index contributed by atoms with van der Waals surface area (Å²) in [7, 11) is -3.62. The number of nitrogens with zero attached hydrogens (tertiary/aromatic N) is 1. The van der Waals surface area contributed by atoms with Crippen molar-refractivity contribution in [3.63, 3.8) is 0 Å². The van der Waals surface area contributed by atoms with E-state index in [0.717, 1.165) is 30.5 Å². The Morgan fingerprint density at radius 2 is 1.96 bits per heavy atom. The van der Waals surface area contributed by atoms with Crippen molar-refractivity contribution in [3.05, 3.63) is 23.8 Å². The molecule has 1 aromatic rings. The van der Waals surface area contributed by atoms with Crippen LogP contribution in [0.5, 0.6) is 0 Å². The second-order valence-electron chi connectivity index (χ2n) is 7.18. The minimum atomic E-state index is -3.62. The van der Waals surface area contributed by atoms with Crippen LogP contribution in [0, 0.1) is 5.92 Å². The average molecular weight is 411 g/mol. The summed E-state index contributed by atoms with van der Waals surface area (Å²) in [5.41, 5.74) is 1.76. The van der Waals surface area contributed by atoms with Crippen LogP contribution in [0.3, 0.4) is 0 Å². The summed E-state index contributed by atoms with van der Waals surface area (Å²) in [5, 5.41) is 0. The lowest BCUT2D eigenvalue weighted by Gasteiger charge is -2.29. The maximum Gasteiger partial charge on any atom is 0.240 e. The monoisotopic (exact) mass is 410 g/mol. The van der Waals surface area contributed by atoms with Crippen LogP contribution in [-0.4, -0.2) is 46.9 Å². The van der Waals surface area contributed by atoms with Crippen LogP contribution in [-0.2, 0) is 30.7 Å². The molecule has 1 fully saturated rings. The molecule has 0 bridgehead atoms. The maximum absolute atomic E-state index is 12.6. The fourth-order valence-corrected chi connectivity index (χ4v) is 4.73. The number of nitrogens with one attached hydrogen (secondary N) is 1. The minimum absolute atomic E-state index is 0.139. The SMILES string of the molecule is CCOC(CCNS(=O)(=O)c1ccc2c(c1)CCN2C(=O)C1CCC1)OCC. The van der Waals surface area contributed by atoms with Crippen molar-refractivity contribution in [3.8, 4) is 0 Å². The molecule has 0 unspecified atom stereocenters. The van der Waals surface area contributed by atoms with Gasteiger partial charge in [0.25, 0.3) is 0 Å². The third-order valence-corrected chi connectivity index (χ3v) is 6.81. The molecule has 0 spiro atoms. The largest absolute Gasteiger partial charge is 0.353 e. The number of sulfonamides is 1. The van der Waals surface area contributed by atoms with E-state index in [9.17, 15) is 13.2 Å². The van der Waals surface area contributed by atoms with Crippen LogP contribution in [0.4, 0.5) is 5.69 Å². The fraction of sp³-hybridized carbons (Fsp3) is 0.650. The van der Waals surface area contributed by atoms with Gasteiger partial charge < -0.3 is 14.4 Å². The lowest BCUT2D eigenvalue weighted by molar-refractivity contribution is -0.138. The van der Waals surface area contributed by atoms with Gasteiger partial charge in [0.1, 0.15) is 0 Å². The number of rotatable bonds is 10. The van der Waals surface area contributed by atoms with Crippen molar-refractivity contribution < 1.29 is 22.7 Å². The Balaban J connectivity index is 1.63. The summed E-state index contributed by atoms with van der Waals surface area (Å²) in [4.78, 5) is 14.6. The molecule has 0 saturated heterocycles. The van der Waals surface area contributed by atoms with Gasteiger partial charge in [-0.05, 0) is 56.9 Å². The topological polar surface area (TPSA) is 84.9 Å². The second-order valence-corrected chi connectivity index (χ2v) is 8.95. The molecular formula is C20H30N2O5S. The number of hydrogen-bond donors (Lipinski definition) is 1. The van der Waals surface area contributed by atoms with E-state index in [4.69, 9.17) is 9.47 Å². The van der Waals surface area contributed by atoms with Gasteiger partial charge in [-0.25, -0.2) is 13.1 Å². The van der Waals surface area contributed by atoms with E-state index >= 15 is 0 Å². The van der Waals surface area contributed by atoms with Crippen LogP contribution in [0.25, 0.3) is 0 Å². The molecule has 3 rings (SSSR count). The molecule has 1 saturated carbocycles. The van der Waals surface area contributed by atoms with Crippen LogP contribution in [0.2, 0.25) is 0 Å². The van der Waals surface area contributed by atoms with Gasteiger partial charge in [0.05, 0.1) is 4.90 Å². The molecule has 1 heterocycles. The molecule has 1 aliphatic carbocycles. The van der Waals surface area contributed by atoms with Crippen molar-refractivity contribution in [2.24, 2.45) is 5.92 Å². The van der Waals surface area contributed by atoms with Gasteiger partial charge >= 0.3 is 0 Å². The molecule has 156 valence electrons. The van der Waals surface area contributed by atoms with Gasteiger partial charge in [0, 0.05) is 44.3 Å². The quantitative estimate of drug-likeness (QED) is 0.599. The fourth-order valence-electron chi connectivity index (χ4n) is 3.63. The zero-order valence-corrected chi connectivity index (χ0v) is 17.5. The normalized spacial score (nSPS) is 17.0. The van der Waals surface area contributed by atoms with Crippen molar-refractivity contribution in [2.45, 2.75) is 57.1 Å². The molecule has 2 aliphatic rings. The number of ether oxygens (including phenoxy) is 2. The van der Waals surface area contributed by atoms with E-state index < -0.39 is 16.3 Å². The Hall–Kier alpha value is -1.48. The predicted octanol–water partition coefficient (Wildman–Crippen LogP) is 2.44. The van der Waals surface area contributed by atoms with E-state index in [-0.39, 0.29) is 23.3 Å². The van der Waals surface area contributed by atoms with Crippen molar-refractivity contribution >= 4 is 21.6 Å². The highest BCUT2D eigenvalue weighted by atomic mass is 32.2. The Labute approximate surface area is 167 Å². The van der Waals surface area contributed by atoms with Gasteiger partial charge in [-0.1, -0.05) is 6.42 Å². The molecular weight excluding hydrogens is 380 g/mol. The molecule has 28 heavy (non-hydrogen) atoms.